The van der Waals surface area contributed by atoms with Gasteiger partial charge in [-0.3, -0.25) is 0 Å². The van der Waals surface area contributed by atoms with Gasteiger partial charge >= 0.3 is 5.97 Å². The number of para-hydroxylation sites is 1. The van der Waals surface area contributed by atoms with Gasteiger partial charge in [-0.1, -0.05) is 23.4 Å². The molecule has 1 heterocycles. The predicted molar refractivity (Wildman–Crippen MR) is 104 cm³/mol. The van der Waals surface area contributed by atoms with Crippen LogP contribution in [0.15, 0.2) is 35.7 Å². The van der Waals surface area contributed by atoms with Gasteiger partial charge in [-0.2, -0.15) is 4.98 Å². The summed E-state index contributed by atoms with van der Waals surface area (Å²) >= 11 is 0. The van der Waals surface area contributed by atoms with Crippen LogP contribution in [0.5, 0.6) is 11.6 Å². The molecule has 0 aliphatic heterocycles. The zero-order valence-corrected chi connectivity index (χ0v) is 16.8. The minimum atomic E-state index is -0.544. The first-order valence-corrected chi connectivity index (χ1v) is 8.44. The van der Waals surface area contributed by atoms with Gasteiger partial charge in [-0.25, -0.2) is 9.78 Å². The molecule has 0 bridgehead atoms. The Hall–Kier alpha value is -3.42. The largest absolute Gasteiger partial charge is 0.503 e. The number of benzene rings is 1. The molecule has 0 atom stereocenters. The minimum absolute atomic E-state index is 0.224. The minimum Gasteiger partial charge on any atom is -0.503 e. The second-order valence-electron chi connectivity index (χ2n) is 5.77. The maximum Gasteiger partial charge on any atom is 0.341 e. The molecule has 0 radical (unpaired) electrons. The zero-order chi connectivity index (χ0) is 20.7. The lowest BCUT2D eigenvalue weighted by Crippen LogP contribution is -2.09. The van der Waals surface area contributed by atoms with E-state index in [0.29, 0.717) is 40.0 Å². The topological polar surface area (TPSA) is 92.1 Å². The number of rotatable bonds is 7. The molecule has 148 valence electrons. The third kappa shape index (κ3) is 4.64. The van der Waals surface area contributed by atoms with E-state index < -0.39 is 5.97 Å². The number of esters is 1. The van der Waals surface area contributed by atoms with E-state index >= 15 is 0 Å². The molecule has 0 aliphatic carbocycles. The van der Waals surface area contributed by atoms with Crippen LogP contribution in [0.4, 0.5) is 0 Å². The monoisotopic (exact) mass is 385 g/mol. The summed E-state index contributed by atoms with van der Waals surface area (Å²) in [5, 5.41) is 3.93. The van der Waals surface area contributed by atoms with Gasteiger partial charge < -0.3 is 19.0 Å². The Labute approximate surface area is 163 Å². The van der Waals surface area contributed by atoms with Crippen molar-refractivity contribution >= 4 is 17.3 Å². The Morgan fingerprint density at radius 2 is 1.82 bits per heavy atom. The second kappa shape index (κ2) is 9.50. The van der Waals surface area contributed by atoms with Gasteiger partial charge in [0.1, 0.15) is 30.0 Å². The molecule has 0 N–H and O–H groups in total. The van der Waals surface area contributed by atoms with Gasteiger partial charge in [0.2, 0.25) is 5.88 Å². The van der Waals surface area contributed by atoms with Gasteiger partial charge in [0.15, 0.2) is 0 Å². The number of hydrogen-bond acceptors (Lipinski definition) is 8. The number of carbonyl (C=O) groups is 1. The first-order chi connectivity index (χ1) is 13.4. The highest BCUT2D eigenvalue weighted by Crippen LogP contribution is 2.32. The van der Waals surface area contributed by atoms with E-state index in [-0.39, 0.29) is 5.57 Å². The van der Waals surface area contributed by atoms with Crippen LogP contribution < -0.4 is 4.74 Å². The number of methoxy groups -OCH3 is 2. The third-order valence-electron chi connectivity index (χ3n) is 3.81. The van der Waals surface area contributed by atoms with Crippen molar-refractivity contribution < 1.29 is 23.8 Å². The fraction of sp³-hybridized carbons (Fsp3) is 0.300. The summed E-state index contributed by atoms with van der Waals surface area (Å²) in [5.41, 5.74) is 2.63. The predicted octanol–water partition coefficient (Wildman–Crippen LogP) is 3.42. The Balaban J connectivity index is 2.55. The highest BCUT2D eigenvalue weighted by Gasteiger charge is 2.20. The number of carbonyl (C=O) groups excluding carboxylic acids is 1. The van der Waals surface area contributed by atoms with Crippen molar-refractivity contribution in [3.63, 3.8) is 0 Å². The van der Waals surface area contributed by atoms with Crippen LogP contribution in [0.3, 0.4) is 0 Å². The molecule has 8 nitrogen and oxygen atoms in total. The van der Waals surface area contributed by atoms with Gasteiger partial charge in [-0.05, 0) is 26.8 Å². The Morgan fingerprint density at radius 3 is 2.46 bits per heavy atom. The normalized spacial score (nSPS) is 11.8. The van der Waals surface area contributed by atoms with Crippen LogP contribution in [-0.2, 0) is 19.1 Å². The number of oxime groups is 1. The van der Waals surface area contributed by atoms with Crippen LogP contribution >= 0.6 is 0 Å². The summed E-state index contributed by atoms with van der Waals surface area (Å²) in [6.07, 6.45) is 1.31. The van der Waals surface area contributed by atoms with Crippen LogP contribution in [0.2, 0.25) is 0 Å². The highest BCUT2D eigenvalue weighted by atomic mass is 16.6. The maximum atomic E-state index is 12.2. The van der Waals surface area contributed by atoms with E-state index in [9.17, 15) is 4.79 Å². The van der Waals surface area contributed by atoms with E-state index in [1.165, 1.54) is 27.6 Å². The summed E-state index contributed by atoms with van der Waals surface area (Å²) in [5.74, 6) is 0.739. The first kappa shape index (κ1) is 20.9. The van der Waals surface area contributed by atoms with Gasteiger partial charge in [0, 0.05) is 11.1 Å². The van der Waals surface area contributed by atoms with Crippen molar-refractivity contribution in [1.29, 1.82) is 0 Å². The molecule has 0 aliphatic rings. The fourth-order valence-electron chi connectivity index (χ4n) is 2.57. The SMILES string of the molecule is CO/C=C(\C(=O)OC)c1ccccc1Oc1nc(C)nc(/C(C)=N\OC)c1C. The number of ether oxygens (including phenoxy) is 3. The van der Waals surface area contributed by atoms with Gasteiger partial charge in [0.25, 0.3) is 0 Å². The number of hydrogen-bond donors (Lipinski definition) is 0. The second-order valence-corrected chi connectivity index (χ2v) is 5.77. The molecule has 0 fully saturated rings. The number of aromatic nitrogens is 2. The van der Waals surface area contributed by atoms with Gasteiger partial charge in [0.05, 0.1) is 26.2 Å². The van der Waals surface area contributed by atoms with Crippen molar-refractivity contribution in [3.8, 4) is 11.6 Å². The van der Waals surface area contributed by atoms with Crippen LogP contribution in [0.1, 0.15) is 29.6 Å². The summed E-state index contributed by atoms with van der Waals surface area (Å²) in [7, 11) is 4.23. The Kier molecular flexibility index (Phi) is 7.08. The lowest BCUT2D eigenvalue weighted by molar-refractivity contribution is -0.133. The average molecular weight is 385 g/mol. The zero-order valence-electron chi connectivity index (χ0n) is 16.8. The highest BCUT2D eigenvalue weighted by molar-refractivity contribution is 6.17. The fourth-order valence-corrected chi connectivity index (χ4v) is 2.57. The van der Waals surface area contributed by atoms with E-state index in [0.717, 1.165) is 0 Å². The third-order valence-corrected chi connectivity index (χ3v) is 3.81. The standard InChI is InChI=1S/C20H23N3O5/c1-12-18(13(2)23-27-6)21-14(3)22-19(12)28-17-10-8-7-9-15(17)16(11-25-4)20(24)26-5/h7-11H,1-6H3/b16-11-,23-13-. The van der Waals surface area contributed by atoms with Crippen LogP contribution in [0.25, 0.3) is 5.57 Å². The molecule has 0 spiro atoms. The van der Waals surface area contributed by atoms with Gasteiger partial charge in [-0.15, -0.1) is 0 Å². The number of aryl methyl sites for hydroxylation is 1. The van der Waals surface area contributed by atoms with E-state index in [1.807, 2.05) is 6.92 Å². The molecule has 2 rings (SSSR count). The van der Waals surface area contributed by atoms with Crippen molar-refractivity contribution in [2.75, 3.05) is 21.3 Å². The smallest absolute Gasteiger partial charge is 0.341 e. The summed E-state index contributed by atoms with van der Waals surface area (Å²) in [4.78, 5) is 25.8. The molecule has 0 saturated heterocycles. The van der Waals surface area contributed by atoms with Crippen molar-refractivity contribution in [2.24, 2.45) is 5.16 Å². The molecule has 1 aromatic heterocycles. The molecular formula is C20H23N3O5. The van der Waals surface area contributed by atoms with E-state index in [4.69, 9.17) is 19.0 Å². The van der Waals surface area contributed by atoms with Crippen molar-refractivity contribution in [1.82, 2.24) is 9.97 Å². The Morgan fingerprint density at radius 1 is 1.11 bits per heavy atom. The average Bonchev–Trinajstić information content (AvgIpc) is 2.68. The van der Waals surface area contributed by atoms with E-state index in [2.05, 4.69) is 15.1 Å². The van der Waals surface area contributed by atoms with Crippen LogP contribution in [-0.4, -0.2) is 43.0 Å². The van der Waals surface area contributed by atoms with E-state index in [1.54, 1.807) is 38.1 Å². The molecule has 0 unspecified atom stereocenters. The maximum absolute atomic E-state index is 12.2. The first-order valence-electron chi connectivity index (χ1n) is 8.44. The molecule has 28 heavy (non-hydrogen) atoms. The molecule has 1 aromatic carbocycles. The molecule has 8 heteroatoms. The lowest BCUT2D eigenvalue weighted by Gasteiger charge is -2.15. The lowest BCUT2D eigenvalue weighted by atomic mass is 10.1. The quantitative estimate of drug-likeness (QED) is 0.237. The summed E-state index contributed by atoms with van der Waals surface area (Å²) < 4.78 is 15.9. The molecule has 0 amide bonds. The molecular weight excluding hydrogens is 362 g/mol. The number of nitrogens with zero attached hydrogens (tertiary/aromatic N) is 3. The van der Waals surface area contributed by atoms with Crippen molar-refractivity contribution in [2.45, 2.75) is 20.8 Å². The molecule has 0 saturated carbocycles. The summed E-state index contributed by atoms with van der Waals surface area (Å²) in [6, 6.07) is 7.05. The Bertz CT molecular complexity index is 922. The van der Waals surface area contributed by atoms with Crippen molar-refractivity contribution in [3.05, 3.63) is 53.2 Å². The van der Waals surface area contributed by atoms with Crippen LogP contribution in [0, 0.1) is 13.8 Å². The molecule has 2 aromatic rings. The summed E-state index contributed by atoms with van der Waals surface area (Å²) in [6.45, 7) is 5.37.